The number of benzene rings is 3. The standard InChI is InChI=1S/C24H18N2/c1-3-9-20(10-4-1)24(21-11-5-2-6-12-21)16-19-14-13-18-8-7-15-25-23(18)22(19)17-26-24/h1-17,26H. The maximum atomic E-state index is 4.60. The van der Waals surface area contributed by atoms with Crippen molar-refractivity contribution in [2.75, 3.05) is 0 Å². The summed E-state index contributed by atoms with van der Waals surface area (Å²) in [5.41, 5.74) is 3.07. The SMILES string of the molecule is C1=c2ccc3cccnc3c2=CNC1(c1ccccc1)c1ccccc1. The molecule has 0 spiro atoms. The molecule has 26 heavy (non-hydrogen) atoms. The molecule has 0 unspecified atom stereocenters. The van der Waals surface area contributed by atoms with E-state index in [0.717, 1.165) is 16.1 Å². The second-order valence-electron chi connectivity index (χ2n) is 6.62. The molecule has 0 fully saturated rings. The van der Waals surface area contributed by atoms with Gasteiger partial charge in [-0.15, -0.1) is 0 Å². The first-order chi connectivity index (χ1) is 12.9. The minimum Gasteiger partial charge on any atom is -0.374 e. The molecule has 2 nitrogen and oxygen atoms in total. The van der Waals surface area contributed by atoms with Crippen LogP contribution in [0.25, 0.3) is 23.2 Å². The third-order valence-corrected chi connectivity index (χ3v) is 5.12. The number of fused-ring (bicyclic) bond motifs is 3. The van der Waals surface area contributed by atoms with E-state index in [0.29, 0.717) is 0 Å². The molecule has 0 saturated heterocycles. The smallest absolute Gasteiger partial charge is 0.107 e. The van der Waals surface area contributed by atoms with Gasteiger partial charge >= 0.3 is 0 Å². The van der Waals surface area contributed by atoms with Crippen molar-refractivity contribution in [1.29, 1.82) is 0 Å². The molecule has 1 aliphatic heterocycles. The molecule has 0 amide bonds. The van der Waals surface area contributed by atoms with Gasteiger partial charge in [0.25, 0.3) is 0 Å². The first-order valence-electron chi connectivity index (χ1n) is 8.82. The Bertz CT molecular complexity index is 1160. The quantitative estimate of drug-likeness (QED) is 0.608. The fourth-order valence-electron chi connectivity index (χ4n) is 3.82. The number of hydrogen-bond acceptors (Lipinski definition) is 2. The van der Waals surface area contributed by atoms with E-state index in [4.69, 9.17) is 0 Å². The summed E-state index contributed by atoms with van der Waals surface area (Å²) in [6.07, 6.45) is 6.29. The molecule has 5 rings (SSSR count). The van der Waals surface area contributed by atoms with Gasteiger partial charge < -0.3 is 5.32 Å². The first-order valence-corrected chi connectivity index (χ1v) is 8.82. The van der Waals surface area contributed by atoms with Crippen LogP contribution in [0.15, 0.2) is 91.1 Å². The van der Waals surface area contributed by atoms with E-state index in [-0.39, 0.29) is 0 Å². The second-order valence-corrected chi connectivity index (χ2v) is 6.62. The van der Waals surface area contributed by atoms with Crippen LogP contribution in [0.1, 0.15) is 11.1 Å². The predicted octanol–water partition coefficient (Wildman–Crippen LogP) is 3.30. The number of nitrogens with one attached hydrogen (secondary N) is 1. The van der Waals surface area contributed by atoms with Gasteiger partial charge in [-0.25, -0.2) is 0 Å². The van der Waals surface area contributed by atoms with Crippen molar-refractivity contribution in [2.45, 2.75) is 5.54 Å². The van der Waals surface area contributed by atoms with Crippen molar-refractivity contribution >= 4 is 23.2 Å². The first kappa shape index (κ1) is 14.9. The van der Waals surface area contributed by atoms with Crippen LogP contribution in [-0.2, 0) is 5.54 Å². The van der Waals surface area contributed by atoms with E-state index < -0.39 is 5.54 Å². The zero-order valence-electron chi connectivity index (χ0n) is 14.3. The van der Waals surface area contributed by atoms with E-state index in [1.165, 1.54) is 16.3 Å². The third kappa shape index (κ3) is 2.23. The van der Waals surface area contributed by atoms with E-state index in [1.807, 2.05) is 12.3 Å². The van der Waals surface area contributed by atoms with Gasteiger partial charge in [0, 0.05) is 23.0 Å². The van der Waals surface area contributed by atoms with Crippen LogP contribution in [0.5, 0.6) is 0 Å². The van der Waals surface area contributed by atoms with Gasteiger partial charge in [0.2, 0.25) is 0 Å². The molecular weight excluding hydrogens is 316 g/mol. The molecule has 2 heteroatoms. The van der Waals surface area contributed by atoms with Crippen molar-refractivity contribution in [1.82, 2.24) is 10.3 Å². The summed E-state index contributed by atoms with van der Waals surface area (Å²) in [4.78, 5) is 4.60. The van der Waals surface area contributed by atoms with Crippen LogP contribution in [0.4, 0.5) is 0 Å². The zero-order chi connectivity index (χ0) is 17.4. The molecular formula is C24H18N2. The minimum absolute atomic E-state index is 0.391. The summed E-state index contributed by atoms with van der Waals surface area (Å²) < 4.78 is 0. The van der Waals surface area contributed by atoms with Crippen molar-refractivity contribution in [3.63, 3.8) is 0 Å². The Kier molecular flexibility index (Phi) is 3.36. The Hall–Kier alpha value is -3.39. The third-order valence-electron chi connectivity index (χ3n) is 5.12. The second kappa shape index (κ2) is 5.85. The van der Waals surface area contributed by atoms with Crippen molar-refractivity contribution in [3.8, 4) is 0 Å². The van der Waals surface area contributed by atoms with Crippen LogP contribution in [-0.4, -0.2) is 4.98 Å². The highest BCUT2D eigenvalue weighted by Gasteiger charge is 2.32. The Morgan fingerprint density at radius 3 is 2.08 bits per heavy atom. The lowest BCUT2D eigenvalue weighted by Crippen LogP contribution is -2.47. The molecule has 0 aliphatic carbocycles. The lowest BCUT2D eigenvalue weighted by Gasteiger charge is -2.34. The fraction of sp³-hybridized carbons (Fsp3) is 0.0417. The van der Waals surface area contributed by atoms with Gasteiger partial charge in [0.05, 0.1) is 5.52 Å². The number of rotatable bonds is 2. The van der Waals surface area contributed by atoms with Crippen molar-refractivity contribution in [3.05, 3.63) is 113 Å². The highest BCUT2D eigenvalue weighted by molar-refractivity contribution is 5.81. The number of pyridine rings is 1. The highest BCUT2D eigenvalue weighted by Crippen LogP contribution is 2.32. The lowest BCUT2D eigenvalue weighted by molar-refractivity contribution is 0.623. The average molecular weight is 334 g/mol. The van der Waals surface area contributed by atoms with Crippen LogP contribution in [0.2, 0.25) is 0 Å². The van der Waals surface area contributed by atoms with Crippen LogP contribution in [0.3, 0.4) is 0 Å². The van der Waals surface area contributed by atoms with E-state index in [9.17, 15) is 0 Å². The van der Waals surface area contributed by atoms with E-state index >= 15 is 0 Å². The number of hydrogen-bond donors (Lipinski definition) is 1. The largest absolute Gasteiger partial charge is 0.374 e. The highest BCUT2D eigenvalue weighted by atomic mass is 15.0. The molecule has 1 aromatic heterocycles. The topological polar surface area (TPSA) is 24.9 Å². The monoisotopic (exact) mass is 334 g/mol. The van der Waals surface area contributed by atoms with Gasteiger partial charge in [0.1, 0.15) is 5.54 Å². The molecule has 0 radical (unpaired) electrons. The van der Waals surface area contributed by atoms with Crippen LogP contribution >= 0.6 is 0 Å². The molecule has 0 bridgehead atoms. The molecule has 0 atom stereocenters. The Morgan fingerprint density at radius 1 is 0.692 bits per heavy atom. The van der Waals surface area contributed by atoms with Gasteiger partial charge in [-0.05, 0) is 28.5 Å². The summed E-state index contributed by atoms with van der Waals surface area (Å²) in [7, 11) is 0. The molecule has 1 aliphatic rings. The number of aromatic nitrogens is 1. The Morgan fingerprint density at radius 2 is 1.38 bits per heavy atom. The predicted molar refractivity (Wildman–Crippen MR) is 107 cm³/mol. The van der Waals surface area contributed by atoms with Crippen LogP contribution < -0.4 is 15.8 Å². The molecule has 124 valence electrons. The normalized spacial score (nSPS) is 14.6. The van der Waals surface area contributed by atoms with E-state index in [2.05, 4.69) is 101 Å². The molecule has 0 saturated carbocycles. The maximum absolute atomic E-state index is 4.60. The van der Waals surface area contributed by atoms with E-state index in [1.54, 1.807) is 0 Å². The molecule has 4 aromatic rings. The number of nitrogens with zero attached hydrogens (tertiary/aromatic N) is 1. The zero-order valence-corrected chi connectivity index (χ0v) is 14.3. The summed E-state index contributed by atoms with van der Waals surface area (Å²) in [5, 5.41) is 7.19. The Balaban J connectivity index is 1.84. The summed E-state index contributed by atoms with van der Waals surface area (Å²) in [6, 6.07) is 29.6. The molecule has 2 heterocycles. The van der Waals surface area contributed by atoms with Gasteiger partial charge in [-0.2, -0.15) is 0 Å². The van der Waals surface area contributed by atoms with Gasteiger partial charge in [-0.1, -0.05) is 78.9 Å². The summed E-state index contributed by atoms with van der Waals surface area (Å²) in [5.74, 6) is 0. The summed E-state index contributed by atoms with van der Waals surface area (Å²) in [6.45, 7) is 0. The summed E-state index contributed by atoms with van der Waals surface area (Å²) >= 11 is 0. The lowest BCUT2D eigenvalue weighted by atomic mass is 9.80. The molecule has 1 N–H and O–H groups in total. The van der Waals surface area contributed by atoms with Gasteiger partial charge in [-0.3, -0.25) is 4.98 Å². The average Bonchev–Trinajstić information content (AvgIpc) is 2.74. The minimum atomic E-state index is -0.391. The van der Waals surface area contributed by atoms with Crippen LogP contribution in [0, 0.1) is 0 Å². The van der Waals surface area contributed by atoms with Crippen molar-refractivity contribution in [2.24, 2.45) is 0 Å². The van der Waals surface area contributed by atoms with Crippen molar-refractivity contribution < 1.29 is 0 Å². The van der Waals surface area contributed by atoms with Gasteiger partial charge in [0.15, 0.2) is 0 Å². The Labute approximate surface area is 152 Å². The molecule has 3 aromatic carbocycles. The fourth-order valence-corrected chi connectivity index (χ4v) is 3.82. The maximum Gasteiger partial charge on any atom is 0.107 e.